The quantitative estimate of drug-likeness (QED) is 0.620. The number of amides is 1. The third-order valence-corrected chi connectivity index (χ3v) is 4.72. The van der Waals surface area contributed by atoms with Gasteiger partial charge in [0.15, 0.2) is 0 Å². The van der Waals surface area contributed by atoms with E-state index in [1.54, 1.807) is 16.8 Å². The van der Waals surface area contributed by atoms with E-state index in [0.717, 1.165) is 24.2 Å². The zero-order valence-electron chi connectivity index (χ0n) is 15.5. The van der Waals surface area contributed by atoms with Crippen LogP contribution in [0.1, 0.15) is 34.5 Å². The van der Waals surface area contributed by atoms with Crippen molar-refractivity contribution in [2.75, 3.05) is 6.54 Å². The summed E-state index contributed by atoms with van der Waals surface area (Å²) >= 11 is 0. The molecule has 0 saturated carbocycles. The van der Waals surface area contributed by atoms with Crippen LogP contribution in [0.4, 0.5) is 0 Å². The molecule has 1 saturated heterocycles. The molecule has 28 heavy (non-hydrogen) atoms. The van der Waals surface area contributed by atoms with Crippen LogP contribution in [-0.4, -0.2) is 33.1 Å². The van der Waals surface area contributed by atoms with Crippen LogP contribution >= 0.6 is 0 Å². The minimum atomic E-state index is -0.399. The molecular formula is C22H21N3O3. The molecule has 6 nitrogen and oxygen atoms in total. The second-order valence-electron chi connectivity index (χ2n) is 6.78. The fraction of sp³-hybridized carbons (Fsp3) is 0.227. The number of ether oxygens (including phenoxy) is 1. The highest BCUT2D eigenvalue weighted by atomic mass is 16.5. The molecule has 142 valence electrons. The van der Waals surface area contributed by atoms with Crippen LogP contribution in [0.15, 0.2) is 66.9 Å². The van der Waals surface area contributed by atoms with Crippen molar-refractivity contribution in [1.29, 1.82) is 0 Å². The van der Waals surface area contributed by atoms with E-state index < -0.39 is 5.97 Å². The van der Waals surface area contributed by atoms with Crippen LogP contribution in [0, 0.1) is 0 Å². The predicted octanol–water partition coefficient (Wildman–Crippen LogP) is 3.35. The lowest BCUT2D eigenvalue weighted by atomic mass is 10.1. The number of aromatic nitrogens is 2. The zero-order valence-corrected chi connectivity index (χ0v) is 15.5. The molecule has 1 aliphatic heterocycles. The van der Waals surface area contributed by atoms with E-state index in [-0.39, 0.29) is 12.5 Å². The largest absolute Gasteiger partial charge is 0.456 e. The summed E-state index contributed by atoms with van der Waals surface area (Å²) in [5.74, 6) is -0.231. The van der Waals surface area contributed by atoms with Crippen LogP contribution in [0.3, 0.4) is 0 Å². The van der Waals surface area contributed by atoms with E-state index in [1.807, 2.05) is 59.6 Å². The van der Waals surface area contributed by atoms with Gasteiger partial charge in [0.1, 0.15) is 12.3 Å². The Morgan fingerprint density at radius 3 is 2.71 bits per heavy atom. The molecular weight excluding hydrogens is 354 g/mol. The Morgan fingerprint density at radius 2 is 1.93 bits per heavy atom. The summed E-state index contributed by atoms with van der Waals surface area (Å²) in [6.07, 6.45) is 3.35. The normalized spacial score (nSPS) is 13.7. The molecule has 0 unspecified atom stereocenters. The van der Waals surface area contributed by atoms with Crippen molar-refractivity contribution in [2.45, 2.75) is 26.0 Å². The highest BCUT2D eigenvalue weighted by Gasteiger charge is 2.20. The second-order valence-corrected chi connectivity index (χ2v) is 6.78. The summed E-state index contributed by atoms with van der Waals surface area (Å²) in [5.41, 5.74) is 3.03. The van der Waals surface area contributed by atoms with Crippen molar-refractivity contribution < 1.29 is 14.3 Å². The molecule has 6 heteroatoms. The number of carbonyl (C=O) groups is 2. The van der Waals surface area contributed by atoms with E-state index in [2.05, 4.69) is 5.10 Å². The fourth-order valence-corrected chi connectivity index (χ4v) is 3.27. The molecule has 0 bridgehead atoms. The molecule has 1 fully saturated rings. The molecule has 1 amide bonds. The SMILES string of the molecule is O=C(OCc1ccn(-c2ccccc2)n1)c1cccc(CN2CCCC2=O)c1. The van der Waals surface area contributed by atoms with Gasteiger partial charge in [-0.3, -0.25) is 4.79 Å². The Kier molecular flexibility index (Phi) is 5.19. The molecule has 0 spiro atoms. The lowest BCUT2D eigenvalue weighted by Gasteiger charge is -2.15. The van der Waals surface area contributed by atoms with Gasteiger partial charge in [-0.2, -0.15) is 5.10 Å². The maximum atomic E-state index is 12.4. The monoisotopic (exact) mass is 375 g/mol. The fourth-order valence-electron chi connectivity index (χ4n) is 3.27. The minimum absolute atomic E-state index is 0.105. The number of likely N-dealkylation sites (tertiary alicyclic amines) is 1. The van der Waals surface area contributed by atoms with Gasteiger partial charge in [-0.25, -0.2) is 9.48 Å². The van der Waals surface area contributed by atoms with Crippen LogP contribution in [0.25, 0.3) is 5.69 Å². The molecule has 0 aliphatic carbocycles. The molecule has 2 aromatic carbocycles. The zero-order chi connectivity index (χ0) is 19.3. The summed E-state index contributed by atoms with van der Waals surface area (Å²) < 4.78 is 7.16. The summed E-state index contributed by atoms with van der Waals surface area (Å²) in [5, 5.41) is 4.44. The topological polar surface area (TPSA) is 64.4 Å². The number of esters is 1. The Labute approximate surface area is 163 Å². The van der Waals surface area contributed by atoms with Crippen molar-refractivity contribution in [1.82, 2.24) is 14.7 Å². The molecule has 1 aliphatic rings. The van der Waals surface area contributed by atoms with Gasteiger partial charge in [0.05, 0.1) is 11.3 Å². The van der Waals surface area contributed by atoms with Gasteiger partial charge < -0.3 is 9.64 Å². The number of nitrogens with zero attached hydrogens (tertiary/aromatic N) is 3. The highest BCUT2D eigenvalue weighted by molar-refractivity contribution is 5.89. The number of benzene rings is 2. The van der Waals surface area contributed by atoms with Crippen molar-refractivity contribution in [3.05, 3.63) is 83.7 Å². The van der Waals surface area contributed by atoms with E-state index >= 15 is 0 Å². The third kappa shape index (κ3) is 4.11. The Hall–Kier alpha value is -3.41. The molecule has 4 rings (SSSR count). The van der Waals surface area contributed by atoms with Gasteiger partial charge in [0.25, 0.3) is 0 Å². The standard InChI is InChI=1S/C22H21N3O3/c26-21-10-5-12-24(21)15-17-6-4-7-18(14-17)22(27)28-16-19-11-13-25(23-19)20-8-2-1-3-9-20/h1-4,6-9,11,13-14H,5,10,12,15-16H2. The molecule has 3 aromatic rings. The van der Waals surface area contributed by atoms with Gasteiger partial charge in [-0.05, 0) is 42.3 Å². The van der Waals surface area contributed by atoms with E-state index in [1.165, 1.54) is 0 Å². The van der Waals surface area contributed by atoms with Crippen molar-refractivity contribution in [3.8, 4) is 5.69 Å². The van der Waals surface area contributed by atoms with Gasteiger partial charge in [0, 0.05) is 25.7 Å². The first-order chi connectivity index (χ1) is 13.7. The summed E-state index contributed by atoms with van der Waals surface area (Å²) in [7, 11) is 0. The first-order valence-corrected chi connectivity index (χ1v) is 9.33. The third-order valence-electron chi connectivity index (χ3n) is 4.72. The first-order valence-electron chi connectivity index (χ1n) is 9.33. The number of hydrogen-bond donors (Lipinski definition) is 0. The second kappa shape index (κ2) is 8.08. The Balaban J connectivity index is 1.37. The van der Waals surface area contributed by atoms with Crippen LogP contribution < -0.4 is 0 Å². The average Bonchev–Trinajstić information content (AvgIpc) is 3.36. The van der Waals surface area contributed by atoms with Crippen molar-refractivity contribution in [2.24, 2.45) is 0 Å². The highest BCUT2D eigenvalue weighted by Crippen LogP contribution is 2.16. The number of para-hydroxylation sites is 1. The molecule has 1 aromatic heterocycles. The van der Waals surface area contributed by atoms with Gasteiger partial charge in [-0.1, -0.05) is 30.3 Å². The molecule has 0 atom stereocenters. The van der Waals surface area contributed by atoms with Crippen molar-refractivity contribution in [3.63, 3.8) is 0 Å². The summed E-state index contributed by atoms with van der Waals surface area (Å²) in [4.78, 5) is 26.0. The van der Waals surface area contributed by atoms with Gasteiger partial charge in [-0.15, -0.1) is 0 Å². The van der Waals surface area contributed by atoms with E-state index in [9.17, 15) is 9.59 Å². The molecule has 0 radical (unpaired) electrons. The maximum Gasteiger partial charge on any atom is 0.338 e. The Bertz CT molecular complexity index is 981. The lowest BCUT2D eigenvalue weighted by Crippen LogP contribution is -2.23. The smallest absolute Gasteiger partial charge is 0.338 e. The van der Waals surface area contributed by atoms with Crippen LogP contribution in [-0.2, 0) is 22.7 Å². The summed E-state index contributed by atoms with van der Waals surface area (Å²) in [6, 6.07) is 18.8. The molecule has 0 N–H and O–H groups in total. The summed E-state index contributed by atoms with van der Waals surface area (Å²) in [6.45, 7) is 1.41. The number of carbonyl (C=O) groups excluding carboxylic acids is 2. The van der Waals surface area contributed by atoms with Gasteiger partial charge >= 0.3 is 5.97 Å². The predicted molar refractivity (Wildman–Crippen MR) is 104 cm³/mol. The minimum Gasteiger partial charge on any atom is -0.456 e. The maximum absolute atomic E-state index is 12.4. The van der Waals surface area contributed by atoms with Crippen LogP contribution in [0.2, 0.25) is 0 Å². The first kappa shape index (κ1) is 18.0. The Morgan fingerprint density at radius 1 is 1.07 bits per heavy atom. The average molecular weight is 375 g/mol. The van der Waals surface area contributed by atoms with Gasteiger partial charge in [0.2, 0.25) is 5.91 Å². The number of hydrogen-bond acceptors (Lipinski definition) is 4. The molecule has 2 heterocycles. The van der Waals surface area contributed by atoms with Crippen LogP contribution in [0.5, 0.6) is 0 Å². The lowest BCUT2D eigenvalue weighted by molar-refractivity contribution is -0.128. The van der Waals surface area contributed by atoms with Crippen molar-refractivity contribution >= 4 is 11.9 Å². The number of rotatable bonds is 6. The van der Waals surface area contributed by atoms with E-state index in [4.69, 9.17) is 4.74 Å². The van der Waals surface area contributed by atoms with E-state index in [0.29, 0.717) is 24.2 Å².